The Labute approximate surface area is 188 Å². The number of benzene rings is 2. The molecule has 1 N–H and O–H groups in total. The molecule has 0 radical (unpaired) electrons. The van der Waals surface area contributed by atoms with Crippen LogP contribution in [0.1, 0.15) is 55.0 Å². The van der Waals surface area contributed by atoms with Gasteiger partial charge in [0.05, 0.1) is 24.8 Å². The van der Waals surface area contributed by atoms with Crippen LogP contribution in [0.3, 0.4) is 0 Å². The Bertz CT molecular complexity index is 1130. The van der Waals surface area contributed by atoms with Gasteiger partial charge < -0.3 is 19.2 Å². The van der Waals surface area contributed by atoms with Gasteiger partial charge >= 0.3 is 0 Å². The molecule has 3 aromatic rings. The fraction of sp³-hybridized carbons (Fsp3) is 0.462. The highest BCUT2D eigenvalue weighted by Crippen LogP contribution is 2.37. The van der Waals surface area contributed by atoms with E-state index in [-0.39, 0.29) is 0 Å². The van der Waals surface area contributed by atoms with Crippen molar-refractivity contribution in [2.24, 2.45) is 5.92 Å². The van der Waals surface area contributed by atoms with Gasteiger partial charge in [0.1, 0.15) is 5.52 Å². The molecule has 2 atom stereocenters. The molecule has 6 nitrogen and oxygen atoms in total. The predicted octanol–water partition coefficient (Wildman–Crippen LogP) is 4.97. The van der Waals surface area contributed by atoms with Crippen molar-refractivity contribution >= 4 is 11.1 Å². The third-order valence-corrected chi connectivity index (χ3v) is 6.72. The van der Waals surface area contributed by atoms with Gasteiger partial charge in [0, 0.05) is 13.0 Å². The highest BCUT2D eigenvalue weighted by molar-refractivity contribution is 5.74. The SMILES string of the molecule is COc1ccc([C@H]2CNC[C@H](Cc3nc4cc(C#N)ccc4o3)C2)cc1OC1CCCC1. The molecule has 1 saturated heterocycles. The van der Waals surface area contributed by atoms with Crippen LogP contribution in [0.2, 0.25) is 0 Å². The van der Waals surface area contributed by atoms with Crippen LogP contribution >= 0.6 is 0 Å². The molecule has 0 unspecified atom stereocenters. The summed E-state index contributed by atoms with van der Waals surface area (Å²) in [6.07, 6.45) is 6.88. The second kappa shape index (κ2) is 9.22. The number of aromatic nitrogens is 1. The lowest BCUT2D eigenvalue weighted by molar-refractivity contribution is 0.200. The highest BCUT2D eigenvalue weighted by atomic mass is 16.5. The van der Waals surface area contributed by atoms with Crippen LogP contribution in [0.25, 0.3) is 11.1 Å². The molecule has 0 amide bonds. The van der Waals surface area contributed by atoms with E-state index in [9.17, 15) is 0 Å². The number of hydrogen-bond acceptors (Lipinski definition) is 6. The highest BCUT2D eigenvalue weighted by Gasteiger charge is 2.26. The maximum absolute atomic E-state index is 9.10. The van der Waals surface area contributed by atoms with Crippen LogP contribution in [0.4, 0.5) is 0 Å². The molecule has 1 aliphatic carbocycles. The summed E-state index contributed by atoms with van der Waals surface area (Å²) in [5.74, 6) is 3.25. The first kappa shape index (κ1) is 20.8. The Kier molecular flexibility index (Phi) is 6.00. The topological polar surface area (TPSA) is 80.3 Å². The summed E-state index contributed by atoms with van der Waals surface area (Å²) >= 11 is 0. The number of oxazole rings is 1. The minimum Gasteiger partial charge on any atom is -0.493 e. The fourth-order valence-electron chi connectivity index (χ4n) is 5.04. The predicted molar refractivity (Wildman–Crippen MR) is 122 cm³/mol. The largest absolute Gasteiger partial charge is 0.493 e. The van der Waals surface area contributed by atoms with Crippen LogP contribution in [0.5, 0.6) is 11.5 Å². The molecular formula is C26H29N3O3. The van der Waals surface area contributed by atoms with E-state index in [4.69, 9.17) is 19.2 Å². The van der Waals surface area contributed by atoms with Crippen molar-refractivity contribution in [3.63, 3.8) is 0 Å². The summed E-state index contributed by atoms with van der Waals surface area (Å²) < 4.78 is 17.8. The summed E-state index contributed by atoms with van der Waals surface area (Å²) in [7, 11) is 1.70. The van der Waals surface area contributed by atoms with Crippen molar-refractivity contribution < 1.29 is 13.9 Å². The molecule has 2 heterocycles. The quantitative estimate of drug-likeness (QED) is 0.594. The molecule has 2 aromatic carbocycles. The van der Waals surface area contributed by atoms with Crippen LogP contribution in [-0.4, -0.2) is 31.3 Å². The van der Waals surface area contributed by atoms with Gasteiger partial charge in [-0.25, -0.2) is 4.98 Å². The second-order valence-electron chi connectivity index (χ2n) is 9.00. The zero-order valence-electron chi connectivity index (χ0n) is 18.5. The lowest BCUT2D eigenvalue weighted by Crippen LogP contribution is -2.36. The molecule has 1 aliphatic heterocycles. The molecule has 166 valence electrons. The summed E-state index contributed by atoms with van der Waals surface area (Å²) in [5.41, 5.74) is 3.38. The van der Waals surface area contributed by atoms with Crippen molar-refractivity contribution in [3.8, 4) is 17.6 Å². The Balaban J connectivity index is 1.30. The average Bonchev–Trinajstić information content (AvgIpc) is 3.48. The molecule has 0 bridgehead atoms. The van der Waals surface area contributed by atoms with Gasteiger partial charge in [-0.1, -0.05) is 6.07 Å². The molecule has 2 fully saturated rings. The monoisotopic (exact) mass is 431 g/mol. The number of nitrogens with one attached hydrogen (secondary N) is 1. The summed E-state index contributed by atoms with van der Waals surface area (Å²) in [4.78, 5) is 4.63. The Morgan fingerprint density at radius 1 is 1.12 bits per heavy atom. The number of nitrogens with zero attached hydrogens (tertiary/aromatic N) is 2. The third kappa shape index (κ3) is 4.44. The Morgan fingerprint density at radius 2 is 2.00 bits per heavy atom. The molecule has 2 aliphatic rings. The average molecular weight is 432 g/mol. The smallest absolute Gasteiger partial charge is 0.195 e. The van der Waals surface area contributed by atoms with E-state index in [1.54, 1.807) is 19.2 Å². The normalized spacial score (nSPS) is 21.5. The van der Waals surface area contributed by atoms with Gasteiger partial charge in [0.15, 0.2) is 23.0 Å². The second-order valence-corrected chi connectivity index (χ2v) is 9.00. The first-order valence-electron chi connectivity index (χ1n) is 11.6. The zero-order chi connectivity index (χ0) is 21.9. The van der Waals surface area contributed by atoms with Crippen LogP contribution in [0.15, 0.2) is 40.8 Å². The number of nitriles is 1. The van der Waals surface area contributed by atoms with E-state index >= 15 is 0 Å². The van der Waals surface area contributed by atoms with Gasteiger partial charge in [-0.05, 0) is 86.4 Å². The third-order valence-electron chi connectivity index (χ3n) is 6.72. The van der Waals surface area contributed by atoms with Crippen LogP contribution in [-0.2, 0) is 6.42 Å². The van der Waals surface area contributed by atoms with Gasteiger partial charge in [-0.2, -0.15) is 5.26 Å². The summed E-state index contributed by atoms with van der Waals surface area (Å²) in [5, 5.41) is 12.7. The molecule has 0 spiro atoms. The lowest BCUT2D eigenvalue weighted by atomic mass is 9.84. The van der Waals surface area contributed by atoms with Crippen LogP contribution in [0, 0.1) is 17.2 Å². The van der Waals surface area contributed by atoms with E-state index < -0.39 is 0 Å². The van der Waals surface area contributed by atoms with Gasteiger partial charge in [0.25, 0.3) is 0 Å². The van der Waals surface area contributed by atoms with Crippen molar-refractivity contribution in [1.82, 2.24) is 10.3 Å². The zero-order valence-corrected chi connectivity index (χ0v) is 18.5. The fourth-order valence-corrected chi connectivity index (χ4v) is 5.04. The van der Waals surface area contributed by atoms with E-state index in [0.29, 0.717) is 23.5 Å². The number of methoxy groups -OCH3 is 1. The number of piperidine rings is 1. The van der Waals surface area contributed by atoms with E-state index in [1.165, 1.54) is 18.4 Å². The maximum atomic E-state index is 9.10. The Morgan fingerprint density at radius 3 is 2.81 bits per heavy atom. The minimum absolute atomic E-state index is 0.303. The molecule has 1 aromatic heterocycles. The van der Waals surface area contributed by atoms with Gasteiger partial charge in [-0.3, -0.25) is 0 Å². The van der Waals surface area contributed by atoms with Gasteiger partial charge in [0.2, 0.25) is 0 Å². The molecule has 32 heavy (non-hydrogen) atoms. The minimum atomic E-state index is 0.303. The molecule has 1 saturated carbocycles. The summed E-state index contributed by atoms with van der Waals surface area (Å²) in [6.45, 7) is 1.89. The standard InChI is InChI=1S/C26H29N3O3/c1-30-24-9-7-19(13-25(24)31-21-4-2-3-5-21)20-10-18(15-28-16-20)12-26-29-22-11-17(14-27)6-8-23(22)32-26/h6-9,11,13,18,20-21,28H,2-5,10,12,15-16H2,1H3/t18-,20+/m0/s1. The van der Waals surface area contributed by atoms with E-state index in [1.807, 2.05) is 12.1 Å². The van der Waals surface area contributed by atoms with Crippen molar-refractivity contribution in [2.75, 3.05) is 20.2 Å². The van der Waals surface area contributed by atoms with Crippen molar-refractivity contribution in [3.05, 3.63) is 53.4 Å². The molecule has 6 heteroatoms. The molecular weight excluding hydrogens is 402 g/mol. The van der Waals surface area contributed by atoms with Crippen LogP contribution < -0.4 is 14.8 Å². The Hall–Kier alpha value is -3.04. The van der Waals surface area contributed by atoms with E-state index in [0.717, 1.165) is 67.3 Å². The number of rotatable bonds is 6. The van der Waals surface area contributed by atoms with Crippen molar-refractivity contribution in [1.29, 1.82) is 5.26 Å². The number of fused-ring (bicyclic) bond motifs is 1. The first-order valence-corrected chi connectivity index (χ1v) is 11.6. The number of hydrogen-bond donors (Lipinski definition) is 1. The van der Waals surface area contributed by atoms with Crippen molar-refractivity contribution in [2.45, 2.75) is 50.5 Å². The van der Waals surface area contributed by atoms with E-state index in [2.05, 4.69) is 28.5 Å². The maximum Gasteiger partial charge on any atom is 0.195 e. The first-order chi connectivity index (χ1) is 15.7. The molecule has 5 rings (SSSR count). The lowest BCUT2D eigenvalue weighted by Gasteiger charge is -2.30. The van der Waals surface area contributed by atoms with Gasteiger partial charge in [-0.15, -0.1) is 0 Å². The number of ether oxygens (including phenoxy) is 2. The summed E-state index contributed by atoms with van der Waals surface area (Å²) in [6, 6.07) is 13.9.